The summed E-state index contributed by atoms with van der Waals surface area (Å²) in [4.78, 5) is 17.9. The first-order valence-electron chi connectivity index (χ1n) is 10.3. The van der Waals surface area contributed by atoms with E-state index >= 15 is 0 Å². The van der Waals surface area contributed by atoms with Crippen LogP contribution < -0.4 is 4.74 Å². The first-order valence-corrected chi connectivity index (χ1v) is 12.2. The standard InChI is InChI=1S/C20H20F6N4O4S/c1-10(19(21,22)23)34-14-5-4-12(35(3,32)33)6-13(14)15(31)30-8-11-7-18(11,9-30)16-27-17(20(24,25)26)29(2)28-16/h4-6,10-11H,7-9H2,1-3H3/t10?,11?,18-/m1/s1. The molecule has 1 saturated heterocycles. The lowest BCUT2D eigenvalue weighted by Gasteiger charge is -2.24. The van der Waals surface area contributed by atoms with E-state index in [4.69, 9.17) is 4.74 Å². The van der Waals surface area contributed by atoms with Crippen molar-refractivity contribution in [1.29, 1.82) is 0 Å². The zero-order chi connectivity index (χ0) is 26.1. The number of sulfone groups is 1. The molecule has 2 heterocycles. The van der Waals surface area contributed by atoms with Gasteiger partial charge in [-0.25, -0.2) is 18.1 Å². The van der Waals surface area contributed by atoms with Gasteiger partial charge in [0.05, 0.1) is 15.9 Å². The van der Waals surface area contributed by atoms with Gasteiger partial charge >= 0.3 is 12.4 Å². The molecule has 192 valence electrons. The number of aromatic nitrogens is 3. The minimum atomic E-state index is -4.74. The molecule has 4 rings (SSSR count). The largest absolute Gasteiger partial charge is 0.480 e. The van der Waals surface area contributed by atoms with Crippen molar-refractivity contribution in [3.05, 3.63) is 35.4 Å². The van der Waals surface area contributed by atoms with E-state index in [9.17, 15) is 39.6 Å². The summed E-state index contributed by atoms with van der Waals surface area (Å²) in [5.41, 5.74) is -1.31. The smallest absolute Gasteiger partial charge is 0.451 e. The Morgan fingerprint density at radius 1 is 1.23 bits per heavy atom. The zero-order valence-corrected chi connectivity index (χ0v) is 19.4. The SMILES string of the molecule is CC(Oc1ccc(S(C)(=O)=O)cc1C(=O)N1CC2C[C@@]2(c2nc(C(F)(F)F)n(C)n2)C1)C(F)(F)F. The van der Waals surface area contributed by atoms with Crippen LogP contribution in [-0.2, 0) is 28.5 Å². The summed E-state index contributed by atoms with van der Waals surface area (Å²) in [6.07, 6.45) is -10.4. The molecule has 35 heavy (non-hydrogen) atoms. The van der Waals surface area contributed by atoms with Crippen molar-refractivity contribution in [3.63, 3.8) is 0 Å². The van der Waals surface area contributed by atoms with Crippen LogP contribution in [0.4, 0.5) is 26.3 Å². The highest BCUT2D eigenvalue weighted by atomic mass is 32.2. The van der Waals surface area contributed by atoms with Crippen molar-refractivity contribution >= 4 is 15.7 Å². The van der Waals surface area contributed by atoms with Gasteiger partial charge in [0, 0.05) is 26.4 Å². The molecule has 1 aliphatic heterocycles. The number of likely N-dealkylation sites (tertiary alicyclic amines) is 1. The second-order valence-electron chi connectivity index (χ2n) is 8.86. The normalized spacial score (nSPS) is 23.2. The second-order valence-corrected chi connectivity index (χ2v) is 10.9. The number of hydrogen-bond donors (Lipinski definition) is 0. The van der Waals surface area contributed by atoms with Crippen LogP contribution in [-0.4, -0.2) is 65.6 Å². The average Bonchev–Trinajstić information content (AvgIpc) is 3.06. The first-order chi connectivity index (χ1) is 15.9. The summed E-state index contributed by atoms with van der Waals surface area (Å²) in [7, 11) is -2.70. The van der Waals surface area contributed by atoms with E-state index in [1.807, 2.05) is 0 Å². The Kier molecular flexibility index (Phi) is 5.65. The number of carbonyl (C=O) groups excluding carboxylic acids is 1. The van der Waals surface area contributed by atoms with Crippen LogP contribution in [0.3, 0.4) is 0 Å². The van der Waals surface area contributed by atoms with E-state index in [1.165, 1.54) is 4.90 Å². The Balaban J connectivity index is 1.65. The summed E-state index contributed by atoms with van der Waals surface area (Å²) in [5, 5.41) is 3.89. The predicted octanol–water partition coefficient (Wildman–Crippen LogP) is 2.98. The van der Waals surface area contributed by atoms with Gasteiger partial charge in [0.2, 0.25) is 5.82 Å². The van der Waals surface area contributed by atoms with Gasteiger partial charge in [-0.3, -0.25) is 4.79 Å². The molecule has 2 aromatic rings. The molecule has 1 aromatic carbocycles. The molecule has 2 aliphatic rings. The maximum Gasteiger partial charge on any atom is 0.451 e. The molecule has 3 atom stereocenters. The van der Waals surface area contributed by atoms with E-state index in [1.54, 1.807) is 0 Å². The highest BCUT2D eigenvalue weighted by Gasteiger charge is 2.65. The van der Waals surface area contributed by atoms with Gasteiger partial charge in [-0.2, -0.15) is 31.4 Å². The quantitative estimate of drug-likeness (QED) is 0.557. The molecule has 2 fully saturated rings. The maximum absolute atomic E-state index is 13.3. The summed E-state index contributed by atoms with van der Waals surface area (Å²) >= 11 is 0. The third-order valence-corrected chi connectivity index (χ3v) is 7.38. The van der Waals surface area contributed by atoms with Crippen LogP contribution in [0.1, 0.15) is 35.4 Å². The Morgan fingerprint density at radius 2 is 1.89 bits per heavy atom. The predicted molar refractivity (Wildman–Crippen MR) is 107 cm³/mol. The summed E-state index contributed by atoms with van der Waals surface area (Å²) in [6.45, 7) is 0.759. The van der Waals surface area contributed by atoms with Crippen LogP contribution in [0.25, 0.3) is 0 Å². The Bertz CT molecular complexity index is 1290. The fourth-order valence-corrected chi connectivity index (χ4v) is 4.91. The number of halogens is 6. The van der Waals surface area contributed by atoms with Gasteiger partial charge < -0.3 is 9.64 Å². The van der Waals surface area contributed by atoms with E-state index in [2.05, 4.69) is 10.1 Å². The Labute approximate surface area is 195 Å². The van der Waals surface area contributed by atoms with E-state index < -0.39 is 56.8 Å². The molecule has 0 bridgehead atoms. The van der Waals surface area contributed by atoms with Crippen LogP contribution in [0.5, 0.6) is 5.75 Å². The zero-order valence-electron chi connectivity index (χ0n) is 18.6. The molecule has 0 spiro atoms. The third kappa shape index (κ3) is 4.57. The van der Waals surface area contributed by atoms with Crippen molar-refractivity contribution < 1.29 is 44.3 Å². The van der Waals surface area contributed by atoms with E-state index in [0.29, 0.717) is 11.1 Å². The molecule has 1 saturated carbocycles. The molecule has 0 radical (unpaired) electrons. The van der Waals surface area contributed by atoms with Crippen LogP contribution >= 0.6 is 0 Å². The first kappa shape index (κ1) is 25.3. The minimum Gasteiger partial charge on any atom is -0.480 e. The molecule has 2 unspecified atom stereocenters. The molecule has 1 aromatic heterocycles. The molecule has 1 aliphatic carbocycles. The van der Waals surface area contributed by atoms with Gasteiger partial charge in [0.15, 0.2) is 21.8 Å². The van der Waals surface area contributed by atoms with Gasteiger partial charge in [-0.15, -0.1) is 0 Å². The lowest BCUT2D eigenvalue weighted by molar-refractivity contribution is -0.189. The Hall–Kier alpha value is -2.84. The van der Waals surface area contributed by atoms with Crippen molar-refractivity contribution in [2.24, 2.45) is 13.0 Å². The second kappa shape index (κ2) is 7.83. The average molecular weight is 526 g/mol. The van der Waals surface area contributed by atoms with Crippen molar-refractivity contribution in [2.45, 2.75) is 42.1 Å². The third-order valence-electron chi connectivity index (χ3n) is 6.27. The van der Waals surface area contributed by atoms with Gasteiger partial charge in [0.25, 0.3) is 5.91 Å². The molecule has 15 heteroatoms. The number of alkyl halides is 6. The lowest BCUT2D eigenvalue weighted by atomic mass is 10.1. The number of fused-ring (bicyclic) bond motifs is 1. The van der Waals surface area contributed by atoms with E-state index in [0.717, 1.165) is 38.4 Å². The summed E-state index contributed by atoms with van der Waals surface area (Å²) in [6, 6.07) is 2.95. The lowest BCUT2D eigenvalue weighted by Crippen LogP contribution is -2.35. The van der Waals surface area contributed by atoms with Crippen molar-refractivity contribution in [1.82, 2.24) is 19.7 Å². The number of amides is 1. The number of nitrogens with zero attached hydrogens (tertiary/aromatic N) is 4. The van der Waals surface area contributed by atoms with Crippen LogP contribution in [0.15, 0.2) is 23.1 Å². The number of carbonyl (C=O) groups is 1. The fourth-order valence-electron chi connectivity index (χ4n) is 4.26. The van der Waals surface area contributed by atoms with Gasteiger partial charge in [-0.05, 0) is 37.5 Å². The number of piperidine rings is 1. The number of hydrogen-bond acceptors (Lipinski definition) is 6. The number of rotatable bonds is 5. The summed E-state index contributed by atoms with van der Waals surface area (Å²) in [5.74, 6) is -2.77. The fraction of sp³-hybridized carbons (Fsp3) is 0.550. The molecular weight excluding hydrogens is 506 g/mol. The number of aryl methyl sites for hydroxylation is 1. The van der Waals surface area contributed by atoms with E-state index in [-0.39, 0.29) is 29.7 Å². The monoisotopic (exact) mass is 526 g/mol. The van der Waals surface area contributed by atoms with Gasteiger partial charge in [-0.1, -0.05) is 0 Å². The highest BCUT2D eigenvalue weighted by molar-refractivity contribution is 7.90. The molecule has 0 N–H and O–H groups in total. The molecular formula is C20H20F6N4O4S. The van der Waals surface area contributed by atoms with Gasteiger partial charge in [0.1, 0.15) is 5.75 Å². The number of benzene rings is 1. The summed E-state index contributed by atoms with van der Waals surface area (Å²) < 4.78 is 108. The molecule has 1 amide bonds. The van der Waals surface area contributed by atoms with Crippen molar-refractivity contribution in [2.75, 3.05) is 19.3 Å². The Morgan fingerprint density at radius 3 is 2.43 bits per heavy atom. The highest BCUT2D eigenvalue weighted by Crippen LogP contribution is 2.58. The van der Waals surface area contributed by atoms with Crippen LogP contribution in [0.2, 0.25) is 0 Å². The van der Waals surface area contributed by atoms with Crippen LogP contribution in [0, 0.1) is 5.92 Å². The minimum absolute atomic E-state index is 0.0697. The maximum atomic E-state index is 13.3. The topological polar surface area (TPSA) is 94.4 Å². The van der Waals surface area contributed by atoms with Crippen molar-refractivity contribution in [3.8, 4) is 5.75 Å². The molecule has 8 nitrogen and oxygen atoms in total. The number of ether oxygens (including phenoxy) is 1.